The van der Waals surface area contributed by atoms with Gasteiger partial charge >= 0.3 is 6.09 Å². The topological polar surface area (TPSA) is 55.6 Å². The number of hydrogen-bond acceptors (Lipinski definition) is 3. The Morgan fingerprint density at radius 1 is 1.50 bits per heavy atom. The van der Waals surface area contributed by atoms with Crippen LogP contribution in [0.15, 0.2) is 0 Å². The number of likely N-dealkylation sites (N-methyl/N-ethyl adjacent to an activating group) is 1. The summed E-state index contributed by atoms with van der Waals surface area (Å²) in [6.07, 6.45) is 0.536. The van der Waals surface area contributed by atoms with Gasteiger partial charge in [-0.15, -0.1) is 0 Å². The van der Waals surface area contributed by atoms with Crippen LogP contribution in [0.25, 0.3) is 0 Å². The highest BCUT2D eigenvalue weighted by Gasteiger charge is 2.20. The molecule has 1 amide bonds. The van der Waals surface area contributed by atoms with E-state index in [0.29, 0.717) is 6.54 Å². The highest BCUT2D eigenvalue weighted by molar-refractivity contribution is 5.67. The van der Waals surface area contributed by atoms with Crippen LogP contribution in [0.5, 0.6) is 0 Å². The molecule has 0 saturated heterocycles. The zero-order chi connectivity index (χ0) is 11.4. The normalized spacial score (nSPS) is 13.6. The van der Waals surface area contributed by atoms with Crippen molar-refractivity contribution >= 4 is 6.09 Å². The Morgan fingerprint density at radius 2 is 2.00 bits per heavy atom. The van der Waals surface area contributed by atoms with E-state index in [1.807, 2.05) is 27.7 Å². The molecule has 2 N–H and O–H groups in total. The molecule has 14 heavy (non-hydrogen) atoms. The highest BCUT2D eigenvalue weighted by Crippen LogP contribution is 2.09. The lowest BCUT2D eigenvalue weighted by Crippen LogP contribution is -2.41. The minimum Gasteiger partial charge on any atom is -0.444 e. The number of nitrogens with two attached hydrogens (primary N) is 1. The molecule has 0 saturated carbocycles. The molecule has 0 aromatic carbocycles. The molecule has 1 atom stereocenters. The molecule has 0 aromatic heterocycles. The first-order valence-corrected chi connectivity index (χ1v) is 4.96. The van der Waals surface area contributed by atoms with Crippen molar-refractivity contribution < 1.29 is 9.53 Å². The minimum absolute atomic E-state index is 0.0209. The molecule has 4 nitrogen and oxygen atoms in total. The first-order valence-electron chi connectivity index (χ1n) is 4.96. The smallest absolute Gasteiger partial charge is 0.410 e. The predicted octanol–water partition coefficient (Wildman–Crippen LogP) is 1.59. The van der Waals surface area contributed by atoms with E-state index in [2.05, 4.69) is 0 Å². The molecular weight excluding hydrogens is 180 g/mol. The van der Waals surface area contributed by atoms with Gasteiger partial charge in [-0.25, -0.2) is 4.79 Å². The molecule has 1 unspecified atom stereocenters. The molecule has 0 aliphatic heterocycles. The summed E-state index contributed by atoms with van der Waals surface area (Å²) in [7, 11) is 1.70. The van der Waals surface area contributed by atoms with E-state index >= 15 is 0 Å². The van der Waals surface area contributed by atoms with Gasteiger partial charge < -0.3 is 15.4 Å². The number of carbonyl (C=O) groups excluding carboxylic acids is 1. The molecule has 0 radical (unpaired) electrons. The van der Waals surface area contributed by atoms with E-state index in [-0.39, 0.29) is 12.1 Å². The second-order valence-electron chi connectivity index (χ2n) is 4.53. The van der Waals surface area contributed by atoms with Gasteiger partial charge in [0.05, 0.1) is 0 Å². The molecule has 0 aliphatic carbocycles. The van der Waals surface area contributed by atoms with Crippen molar-refractivity contribution in [2.24, 2.45) is 5.73 Å². The van der Waals surface area contributed by atoms with Crippen LogP contribution in [0, 0.1) is 0 Å². The number of rotatable bonds is 3. The van der Waals surface area contributed by atoms with Crippen LogP contribution in [0.3, 0.4) is 0 Å². The monoisotopic (exact) mass is 202 g/mol. The largest absolute Gasteiger partial charge is 0.444 e. The fraction of sp³-hybridized carbons (Fsp3) is 0.900. The third-order valence-corrected chi connectivity index (χ3v) is 1.74. The molecule has 0 fully saturated rings. The van der Waals surface area contributed by atoms with Crippen molar-refractivity contribution in [1.82, 2.24) is 4.90 Å². The van der Waals surface area contributed by atoms with E-state index in [0.717, 1.165) is 6.42 Å². The molecule has 0 aliphatic rings. The Morgan fingerprint density at radius 3 is 2.36 bits per heavy atom. The predicted molar refractivity (Wildman–Crippen MR) is 57.1 cm³/mol. The third-order valence-electron chi connectivity index (χ3n) is 1.74. The van der Waals surface area contributed by atoms with Crippen molar-refractivity contribution in [2.75, 3.05) is 13.6 Å². The summed E-state index contributed by atoms with van der Waals surface area (Å²) >= 11 is 0. The van der Waals surface area contributed by atoms with Crippen molar-refractivity contribution in [1.29, 1.82) is 0 Å². The molecular formula is C10H22N2O2. The molecule has 0 aromatic rings. The van der Waals surface area contributed by atoms with Gasteiger partial charge in [0.1, 0.15) is 5.60 Å². The first-order chi connectivity index (χ1) is 6.26. The van der Waals surface area contributed by atoms with Gasteiger partial charge in [0, 0.05) is 19.6 Å². The van der Waals surface area contributed by atoms with Crippen molar-refractivity contribution in [3.63, 3.8) is 0 Å². The van der Waals surface area contributed by atoms with Crippen LogP contribution in [-0.4, -0.2) is 36.2 Å². The maximum Gasteiger partial charge on any atom is 0.410 e. The van der Waals surface area contributed by atoms with E-state index in [1.165, 1.54) is 4.90 Å². The maximum atomic E-state index is 11.5. The minimum atomic E-state index is -0.443. The average molecular weight is 202 g/mol. The Hall–Kier alpha value is -0.770. The molecule has 84 valence electrons. The van der Waals surface area contributed by atoms with Gasteiger partial charge in [0.15, 0.2) is 0 Å². The van der Waals surface area contributed by atoms with E-state index in [9.17, 15) is 4.79 Å². The maximum absolute atomic E-state index is 11.5. The molecule has 0 bridgehead atoms. The lowest BCUT2D eigenvalue weighted by Gasteiger charge is -2.26. The van der Waals surface area contributed by atoms with Crippen LogP contribution in [0.4, 0.5) is 4.79 Å². The van der Waals surface area contributed by atoms with Crippen LogP contribution < -0.4 is 5.73 Å². The van der Waals surface area contributed by atoms with Crippen LogP contribution in [0.1, 0.15) is 34.1 Å². The fourth-order valence-corrected chi connectivity index (χ4v) is 0.895. The zero-order valence-corrected chi connectivity index (χ0v) is 9.83. The quantitative estimate of drug-likeness (QED) is 0.756. The van der Waals surface area contributed by atoms with Gasteiger partial charge in [-0.3, -0.25) is 0 Å². The van der Waals surface area contributed by atoms with E-state index in [4.69, 9.17) is 10.5 Å². The SMILES string of the molecule is CCC(N)CN(C)C(=O)OC(C)(C)C. The van der Waals surface area contributed by atoms with Gasteiger partial charge in [0.25, 0.3) is 0 Å². The van der Waals surface area contributed by atoms with Gasteiger partial charge in [-0.2, -0.15) is 0 Å². The number of ether oxygens (including phenoxy) is 1. The summed E-state index contributed by atoms with van der Waals surface area (Å²) < 4.78 is 5.18. The Kier molecular flexibility index (Phi) is 4.91. The van der Waals surface area contributed by atoms with Crippen molar-refractivity contribution in [2.45, 2.75) is 45.8 Å². The van der Waals surface area contributed by atoms with E-state index in [1.54, 1.807) is 7.05 Å². The summed E-state index contributed by atoms with van der Waals surface area (Å²) in [5.74, 6) is 0. The second-order valence-corrected chi connectivity index (χ2v) is 4.53. The lowest BCUT2D eigenvalue weighted by molar-refractivity contribution is 0.0289. The third kappa shape index (κ3) is 5.80. The van der Waals surface area contributed by atoms with Gasteiger partial charge in [-0.1, -0.05) is 6.92 Å². The van der Waals surface area contributed by atoms with Crippen LogP contribution >= 0.6 is 0 Å². The summed E-state index contributed by atoms with van der Waals surface area (Å²) in [4.78, 5) is 13.0. The summed E-state index contributed by atoms with van der Waals surface area (Å²) in [5.41, 5.74) is 5.28. The van der Waals surface area contributed by atoms with Gasteiger partial charge in [-0.05, 0) is 27.2 Å². The standard InChI is InChI=1S/C10H22N2O2/c1-6-8(11)7-12(5)9(13)14-10(2,3)4/h8H,6-7,11H2,1-5H3. The average Bonchev–Trinajstić information content (AvgIpc) is 2.00. The number of nitrogens with zero attached hydrogens (tertiary/aromatic N) is 1. The van der Waals surface area contributed by atoms with Crippen LogP contribution in [0.2, 0.25) is 0 Å². The van der Waals surface area contributed by atoms with Gasteiger partial charge in [0.2, 0.25) is 0 Å². The summed E-state index contributed by atoms with van der Waals surface area (Å²) in [5, 5.41) is 0. The summed E-state index contributed by atoms with van der Waals surface area (Å²) in [6.45, 7) is 8.06. The first kappa shape index (κ1) is 13.2. The second kappa shape index (κ2) is 5.20. The van der Waals surface area contributed by atoms with E-state index < -0.39 is 5.60 Å². The number of hydrogen-bond donors (Lipinski definition) is 1. The Bertz CT molecular complexity index is 187. The summed E-state index contributed by atoms with van der Waals surface area (Å²) in [6, 6.07) is 0.0209. The molecule has 0 spiro atoms. The highest BCUT2D eigenvalue weighted by atomic mass is 16.6. The number of carbonyl (C=O) groups is 1. The number of amides is 1. The fourth-order valence-electron chi connectivity index (χ4n) is 0.895. The molecule has 0 heterocycles. The lowest BCUT2D eigenvalue weighted by atomic mass is 10.2. The molecule has 4 heteroatoms. The molecule has 0 rings (SSSR count). The van der Waals surface area contributed by atoms with Crippen molar-refractivity contribution in [3.05, 3.63) is 0 Å². The van der Waals surface area contributed by atoms with Crippen molar-refractivity contribution in [3.8, 4) is 0 Å². The van der Waals surface area contributed by atoms with Crippen LogP contribution in [-0.2, 0) is 4.74 Å². The Labute approximate surface area is 86.4 Å². The zero-order valence-electron chi connectivity index (χ0n) is 9.83. The Balaban J connectivity index is 4.00.